The van der Waals surface area contributed by atoms with Gasteiger partial charge >= 0.3 is 5.97 Å². The molecule has 0 radical (unpaired) electrons. The van der Waals surface area contributed by atoms with Crippen molar-refractivity contribution in [1.82, 2.24) is 0 Å². The Labute approximate surface area is 104 Å². The fraction of sp³-hybridized carbons (Fsp3) is 0.929. The molecule has 3 heteroatoms. The molecule has 2 aliphatic rings. The molecule has 2 rings (SSSR count). The lowest BCUT2D eigenvalue weighted by Gasteiger charge is -2.30. The normalized spacial score (nSPS) is 36.6. The third kappa shape index (κ3) is 3.21. The Morgan fingerprint density at radius 3 is 2.65 bits per heavy atom. The number of carbonyl (C=O) groups is 1. The van der Waals surface area contributed by atoms with Crippen molar-refractivity contribution >= 4 is 5.97 Å². The van der Waals surface area contributed by atoms with E-state index in [1.807, 2.05) is 6.92 Å². The fourth-order valence-electron chi connectivity index (χ4n) is 2.85. The zero-order chi connectivity index (χ0) is 12.3. The predicted octanol–water partition coefficient (Wildman–Crippen LogP) is 2.92. The Bertz CT molecular complexity index is 264. The molecule has 0 N–H and O–H groups in total. The molecule has 2 fully saturated rings. The van der Waals surface area contributed by atoms with Gasteiger partial charge in [-0.05, 0) is 44.9 Å². The van der Waals surface area contributed by atoms with Crippen LogP contribution in [0.15, 0.2) is 0 Å². The molecule has 0 aliphatic heterocycles. The van der Waals surface area contributed by atoms with Crippen molar-refractivity contribution in [3.05, 3.63) is 0 Å². The fourth-order valence-corrected chi connectivity index (χ4v) is 2.85. The van der Waals surface area contributed by atoms with Gasteiger partial charge in [-0.2, -0.15) is 0 Å². The van der Waals surface area contributed by atoms with E-state index >= 15 is 0 Å². The summed E-state index contributed by atoms with van der Waals surface area (Å²) in [6.45, 7) is 4.85. The summed E-state index contributed by atoms with van der Waals surface area (Å²) in [5.41, 5.74) is 0. The van der Waals surface area contributed by atoms with Crippen LogP contribution in [-0.4, -0.2) is 24.8 Å². The van der Waals surface area contributed by atoms with Gasteiger partial charge in [0, 0.05) is 6.61 Å². The third-order valence-corrected chi connectivity index (χ3v) is 4.05. The Balaban J connectivity index is 1.78. The van der Waals surface area contributed by atoms with Crippen molar-refractivity contribution in [3.8, 4) is 0 Å². The van der Waals surface area contributed by atoms with Crippen LogP contribution >= 0.6 is 0 Å². The van der Waals surface area contributed by atoms with E-state index < -0.39 is 0 Å². The maximum absolute atomic E-state index is 11.9. The molecule has 4 atom stereocenters. The van der Waals surface area contributed by atoms with Gasteiger partial charge in [-0.3, -0.25) is 4.79 Å². The van der Waals surface area contributed by atoms with Gasteiger partial charge in [0.05, 0.1) is 12.0 Å². The monoisotopic (exact) mass is 240 g/mol. The van der Waals surface area contributed by atoms with Gasteiger partial charge < -0.3 is 9.47 Å². The summed E-state index contributed by atoms with van der Waals surface area (Å²) in [5, 5.41) is 0. The molecule has 0 saturated heterocycles. The summed E-state index contributed by atoms with van der Waals surface area (Å²) in [7, 11) is 0. The quantitative estimate of drug-likeness (QED) is 0.693. The maximum Gasteiger partial charge on any atom is 0.311 e. The molecule has 3 nitrogen and oxygen atoms in total. The van der Waals surface area contributed by atoms with Crippen LogP contribution in [0.4, 0.5) is 0 Å². The summed E-state index contributed by atoms with van der Waals surface area (Å²) < 4.78 is 11.1. The molecule has 0 amide bonds. The summed E-state index contributed by atoms with van der Waals surface area (Å²) in [5.74, 6) is 0.583. The number of ether oxygens (including phenoxy) is 2. The minimum absolute atomic E-state index is 0.0196. The van der Waals surface area contributed by atoms with E-state index in [0.29, 0.717) is 12.5 Å². The average Bonchev–Trinajstić information content (AvgIpc) is 3.10. The standard InChI is InChI=1S/C14H24O3/c1-3-10-7-5-6-8-12(10)17-14(15)11-9-13(11)16-4-2/h10-13H,3-9H2,1-2H3/t10-,11+,12+,13-/m1/s1. The van der Waals surface area contributed by atoms with E-state index in [9.17, 15) is 4.79 Å². The minimum Gasteiger partial charge on any atom is -0.462 e. The van der Waals surface area contributed by atoms with Crippen LogP contribution in [-0.2, 0) is 14.3 Å². The van der Waals surface area contributed by atoms with E-state index in [1.54, 1.807) is 0 Å². The Morgan fingerprint density at radius 2 is 1.94 bits per heavy atom. The zero-order valence-corrected chi connectivity index (χ0v) is 11.0. The first-order valence-electron chi connectivity index (χ1n) is 7.08. The molecule has 2 aliphatic carbocycles. The first kappa shape index (κ1) is 12.9. The van der Waals surface area contributed by atoms with Crippen LogP contribution in [0.1, 0.15) is 52.4 Å². The third-order valence-electron chi connectivity index (χ3n) is 4.05. The SMILES string of the molecule is CCO[C@@H]1C[C@@H]1C(=O)O[C@H]1CCCC[C@H]1CC. The highest BCUT2D eigenvalue weighted by Crippen LogP contribution is 2.37. The molecule has 0 aromatic heterocycles. The van der Waals surface area contributed by atoms with Gasteiger partial charge in [-0.25, -0.2) is 0 Å². The average molecular weight is 240 g/mol. The Kier molecular flexibility index (Phi) is 4.43. The van der Waals surface area contributed by atoms with E-state index in [1.165, 1.54) is 19.3 Å². The van der Waals surface area contributed by atoms with Gasteiger partial charge in [0.25, 0.3) is 0 Å². The number of esters is 1. The molecule has 0 unspecified atom stereocenters. The molecule has 0 aromatic rings. The second-order valence-electron chi connectivity index (χ2n) is 5.26. The van der Waals surface area contributed by atoms with Crippen LogP contribution in [0.25, 0.3) is 0 Å². The van der Waals surface area contributed by atoms with Crippen molar-refractivity contribution in [2.75, 3.05) is 6.61 Å². The van der Waals surface area contributed by atoms with E-state index in [4.69, 9.17) is 9.47 Å². The van der Waals surface area contributed by atoms with Crippen molar-refractivity contribution < 1.29 is 14.3 Å². The highest BCUT2D eigenvalue weighted by molar-refractivity contribution is 5.76. The van der Waals surface area contributed by atoms with Gasteiger partial charge in [0.15, 0.2) is 0 Å². The van der Waals surface area contributed by atoms with Crippen molar-refractivity contribution in [1.29, 1.82) is 0 Å². The van der Waals surface area contributed by atoms with Crippen LogP contribution in [0.2, 0.25) is 0 Å². The second kappa shape index (κ2) is 5.85. The predicted molar refractivity (Wildman–Crippen MR) is 65.7 cm³/mol. The number of carbonyl (C=O) groups excluding carboxylic acids is 1. The van der Waals surface area contributed by atoms with Crippen LogP contribution in [0.5, 0.6) is 0 Å². The van der Waals surface area contributed by atoms with Gasteiger partial charge in [0.2, 0.25) is 0 Å². The van der Waals surface area contributed by atoms with E-state index in [0.717, 1.165) is 19.3 Å². The molecule has 2 saturated carbocycles. The van der Waals surface area contributed by atoms with Crippen molar-refractivity contribution in [2.45, 2.75) is 64.6 Å². The Morgan fingerprint density at radius 1 is 1.18 bits per heavy atom. The Hall–Kier alpha value is -0.570. The topological polar surface area (TPSA) is 35.5 Å². The van der Waals surface area contributed by atoms with E-state index in [-0.39, 0.29) is 24.1 Å². The maximum atomic E-state index is 11.9. The summed E-state index contributed by atoms with van der Waals surface area (Å²) in [6, 6.07) is 0. The van der Waals surface area contributed by atoms with Gasteiger partial charge in [0.1, 0.15) is 6.10 Å². The minimum atomic E-state index is -0.0196. The highest BCUT2D eigenvalue weighted by atomic mass is 16.6. The molecular formula is C14H24O3. The van der Waals surface area contributed by atoms with Gasteiger partial charge in [-0.15, -0.1) is 0 Å². The van der Waals surface area contributed by atoms with Crippen LogP contribution in [0.3, 0.4) is 0 Å². The summed E-state index contributed by atoms with van der Waals surface area (Å²) in [4.78, 5) is 11.9. The van der Waals surface area contributed by atoms with Crippen molar-refractivity contribution in [2.24, 2.45) is 11.8 Å². The van der Waals surface area contributed by atoms with E-state index in [2.05, 4.69) is 6.92 Å². The number of rotatable bonds is 5. The smallest absolute Gasteiger partial charge is 0.311 e. The molecule has 98 valence electrons. The first-order valence-corrected chi connectivity index (χ1v) is 7.08. The molecule has 0 aromatic carbocycles. The summed E-state index contributed by atoms with van der Waals surface area (Å²) in [6.07, 6.45) is 7.05. The van der Waals surface area contributed by atoms with Gasteiger partial charge in [-0.1, -0.05) is 13.3 Å². The molecule has 0 heterocycles. The second-order valence-corrected chi connectivity index (χ2v) is 5.26. The first-order chi connectivity index (χ1) is 8.26. The van der Waals surface area contributed by atoms with Crippen molar-refractivity contribution in [3.63, 3.8) is 0 Å². The van der Waals surface area contributed by atoms with Crippen LogP contribution in [0, 0.1) is 11.8 Å². The lowest BCUT2D eigenvalue weighted by molar-refractivity contribution is -0.156. The molecule has 0 spiro atoms. The number of hydrogen-bond acceptors (Lipinski definition) is 3. The molecule has 0 bridgehead atoms. The summed E-state index contributed by atoms with van der Waals surface area (Å²) >= 11 is 0. The highest BCUT2D eigenvalue weighted by Gasteiger charge is 2.46. The van der Waals surface area contributed by atoms with Crippen LogP contribution < -0.4 is 0 Å². The lowest BCUT2D eigenvalue weighted by Crippen LogP contribution is -2.30. The lowest BCUT2D eigenvalue weighted by atomic mass is 9.85. The molecular weight excluding hydrogens is 216 g/mol. The molecule has 17 heavy (non-hydrogen) atoms. The largest absolute Gasteiger partial charge is 0.462 e. The zero-order valence-electron chi connectivity index (χ0n) is 11.0. The number of hydrogen-bond donors (Lipinski definition) is 0.